The third-order valence-electron chi connectivity index (χ3n) is 3.12. The van der Waals surface area contributed by atoms with Gasteiger partial charge >= 0.3 is 0 Å². The zero-order valence-corrected chi connectivity index (χ0v) is 12.7. The van der Waals surface area contributed by atoms with Crippen molar-refractivity contribution in [2.45, 2.75) is 37.6 Å². The fraction of sp³-hybridized carbons (Fsp3) is 0.700. The summed E-state index contributed by atoms with van der Waals surface area (Å²) in [4.78, 5) is 12.1. The summed E-state index contributed by atoms with van der Waals surface area (Å²) in [6, 6.07) is 0. The first-order valence-corrected chi connectivity index (χ1v) is 8.91. The second kappa shape index (κ2) is 5.62. The van der Waals surface area contributed by atoms with Crippen LogP contribution in [0.1, 0.15) is 32.1 Å². The fourth-order valence-corrected chi connectivity index (χ4v) is 3.57. The van der Waals surface area contributed by atoms with Crippen LogP contribution < -0.4 is 15.8 Å². The topological polar surface area (TPSA) is 127 Å². The number of rotatable bonds is 4. The van der Waals surface area contributed by atoms with E-state index in [0.29, 0.717) is 12.8 Å². The molecule has 8 nitrogen and oxygen atoms in total. The molecule has 1 aliphatic carbocycles. The van der Waals surface area contributed by atoms with Crippen LogP contribution in [0.25, 0.3) is 0 Å². The Bertz CT molecular complexity index is 592. The normalized spacial score (nSPS) is 18.5. The van der Waals surface area contributed by atoms with Gasteiger partial charge in [-0.2, -0.15) is 0 Å². The number of amides is 1. The van der Waals surface area contributed by atoms with Crippen molar-refractivity contribution in [2.24, 2.45) is 5.73 Å². The predicted octanol–water partition coefficient (Wildman–Crippen LogP) is 0.510. The van der Waals surface area contributed by atoms with Gasteiger partial charge < -0.3 is 5.73 Å². The molecular weight excluding hydrogens is 302 g/mol. The molecule has 4 N–H and O–H groups in total. The van der Waals surface area contributed by atoms with Gasteiger partial charge in [0.15, 0.2) is 0 Å². The van der Waals surface area contributed by atoms with Crippen LogP contribution >= 0.6 is 11.3 Å². The van der Waals surface area contributed by atoms with Gasteiger partial charge in [-0.25, -0.2) is 8.42 Å². The molecular formula is C10H17N5O3S2. The molecule has 0 aliphatic heterocycles. The van der Waals surface area contributed by atoms with Crippen molar-refractivity contribution in [1.82, 2.24) is 10.2 Å². The minimum atomic E-state index is -3.40. The number of hydrogen-bond donors (Lipinski definition) is 3. The van der Waals surface area contributed by atoms with Crippen LogP contribution in [0.4, 0.5) is 10.3 Å². The average Bonchev–Trinajstić information content (AvgIpc) is 2.75. The van der Waals surface area contributed by atoms with E-state index in [2.05, 4.69) is 20.2 Å². The maximum Gasteiger partial charge on any atom is 0.246 e. The van der Waals surface area contributed by atoms with Crippen LogP contribution in [0.3, 0.4) is 0 Å². The minimum Gasteiger partial charge on any atom is -0.317 e. The van der Waals surface area contributed by atoms with E-state index in [9.17, 15) is 13.2 Å². The molecule has 1 aromatic heterocycles. The van der Waals surface area contributed by atoms with E-state index in [-0.39, 0.29) is 16.2 Å². The lowest BCUT2D eigenvalue weighted by Crippen LogP contribution is -2.52. The highest BCUT2D eigenvalue weighted by molar-refractivity contribution is 7.92. The average molecular weight is 319 g/mol. The van der Waals surface area contributed by atoms with Crippen molar-refractivity contribution in [1.29, 1.82) is 0 Å². The van der Waals surface area contributed by atoms with Crippen LogP contribution in [0.2, 0.25) is 0 Å². The Labute approximate surface area is 121 Å². The zero-order chi connectivity index (χ0) is 14.8. The Kier molecular flexibility index (Phi) is 4.25. The molecule has 1 aromatic rings. The SMILES string of the molecule is CS(=O)(=O)Nc1nnc(NC(=O)C2(N)CCCCC2)s1. The molecule has 0 radical (unpaired) electrons. The highest BCUT2D eigenvalue weighted by Crippen LogP contribution is 2.28. The van der Waals surface area contributed by atoms with Crippen LogP contribution in [-0.4, -0.2) is 36.3 Å². The molecule has 0 aromatic carbocycles. The van der Waals surface area contributed by atoms with Crippen molar-refractivity contribution < 1.29 is 13.2 Å². The molecule has 0 saturated heterocycles. The molecule has 1 amide bonds. The second-order valence-corrected chi connectivity index (χ2v) is 7.68. The van der Waals surface area contributed by atoms with Gasteiger partial charge in [-0.1, -0.05) is 30.6 Å². The summed E-state index contributed by atoms with van der Waals surface area (Å²) in [6.45, 7) is 0. The van der Waals surface area contributed by atoms with E-state index in [1.54, 1.807) is 0 Å². The number of carbonyl (C=O) groups excluding carboxylic acids is 1. The first kappa shape index (κ1) is 15.1. The Morgan fingerprint density at radius 3 is 2.45 bits per heavy atom. The lowest BCUT2D eigenvalue weighted by atomic mass is 9.82. The largest absolute Gasteiger partial charge is 0.317 e. The number of carbonyl (C=O) groups is 1. The summed E-state index contributed by atoms with van der Waals surface area (Å²) >= 11 is 0.951. The molecule has 1 heterocycles. The molecule has 112 valence electrons. The molecule has 1 fully saturated rings. The quantitative estimate of drug-likeness (QED) is 0.742. The molecule has 1 saturated carbocycles. The maximum atomic E-state index is 12.1. The van der Waals surface area contributed by atoms with Gasteiger partial charge in [0.2, 0.25) is 26.2 Å². The van der Waals surface area contributed by atoms with E-state index >= 15 is 0 Å². The van der Waals surface area contributed by atoms with Gasteiger partial charge in [0.1, 0.15) is 0 Å². The summed E-state index contributed by atoms with van der Waals surface area (Å²) in [5, 5.41) is 10.3. The third-order valence-corrected chi connectivity index (χ3v) is 4.56. The van der Waals surface area contributed by atoms with Crippen LogP contribution in [-0.2, 0) is 14.8 Å². The van der Waals surface area contributed by atoms with Gasteiger partial charge in [0.25, 0.3) is 0 Å². The molecule has 1 aliphatic rings. The van der Waals surface area contributed by atoms with Crippen molar-refractivity contribution in [3.8, 4) is 0 Å². The first-order chi connectivity index (χ1) is 9.28. The van der Waals surface area contributed by atoms with E-state index < -0.39 is 15.6 Å². The number of nitrogens with one attached hydrogen (secondary N) is 2. The Morgan fingerprint density at radius 1 is 1.25 bits per heavy atom. The lowest BCUT2D eigenvalue weighted by Gasteiger charge is -2.31. The van der Waals surface area contributed by atoms with E-state index in [1.165, 1.54) is 0 Å². The van der Waals surface area contributed by atoms with Crippen molar-refractivity contribution in [2.75, 3.05) is 16.3 Å². The number of nitrogens with zero attached hydrogens (tertiary/aromatic N) is 2. The molecule has 20 heavy (non-hydrogen) atoms. The van der Waals surface area contributed by atoms with Crippen LogP contribution in [0.15, 0.2) is 0 Å². The molecule has 0 unspecified atom stereocenters. The van der Waals surface area contributed by atoms with E-state index in [4.69, 9.17) is 5.73 Å². The standard InChI is InChI=1S/C10H17N5O3S2/c1-20(17,18)15-9-14-13-8(19-9)12-7(16)10(11)5-3-2-4-6-10/h2-6,11H2,1H3,(H,14,15)(H,12,13,16). The van der Waals surface area contributed by atoms with Gasteiger partial charge in [-0.05, 0) is 12.8 Å². The summed E-state index contributed by atoms with van der Waals surface area (Å²) < 4.78 is 24.3. The molecule has 2 rings (SSSR count). The predicted molar refractivity (Wildman–Crippen MR) is 77.0 cm³/mol. The van der Waals surface area contributed by atoms with Gasteiger partial charge in [-0.3, -0.25) is 14.8 Å². The van der Waals surface area contributed by atoms with E-state index in [1.807, 2.05) is 0 Å². The van der Waals surface area contributed by atoms with Gasteiger partial charge in [0.05, 0.1) is 11.8 Å². The van der Waals surface area contributed by atoms with Crippen molar-refractivity contribution in [3.63, 3.8) is 0 Å². The van der Waals surface area contributed by atoms with Gasteiger partial charge in [-0.15, -0.1) is 10.2 Å². The fourth-order valence-electron chi connectivity index (χ4n) is 2.10. The van der Waals surface area contributed by atoms with Crippen molar-refractivity contribution >= 4 is 37.5 Å². The highest BCUT2D eigenvalue weighted by atomic mass is 32.2. The summed E-state index contributed by atoms with van der Waals surface area (Å²) in [6.07, 6.45) is 5.26. The summed E-state index contributed by atoms with van der Waals surface area (Å²) in [7, 11) is -3.40. The summed E-state index contributed by atoms with van der Waals surface area (Å²) in [5.74, 6) is -0.292. The molecule has 0 bridgehead atoms. The third kappa shape index (κ3) is 3.87. The Hall–Kier alpha value is -1.26. The van der Waals surface area contributed by atoms with Crippen LogP contribution in [0, 0.1) is 0 Å². The monoisotopic (exact) mass is 319 g/mol. The smallest absolute Gasteiger partial charge is 0.246 e. The molecule has 10 heteroatoms. The number of anilines is 2. The van der Waals surface area contributed by atoms with E-state index in [0.717, 1.165) is 36.9 Å². The number of hydrogen-bond acceptors (Lipinski definition) is 7. The lowest BCUT2D eigenvalue weighted by molar-refractivity contribution is -0.122. The Balaban J connectivity index is 2.01. The molecule has 0 spiro atoms. The summed E-state index contributed by atoms with van der Waals surface area (Å²) in [5.41, 5.74) is 5.23. The second-order valence-electron chi connectivity index (χ2n) is 4.96. The first-order valence-electron chi connectivity index (χ1n) is 6.20. The maximum absolute atomic E-state index is 12.1. The number of nitrogens with two attached hydrogens (primary N) is 1. The number of aromatic nitrogens is 2. The van der Waals surface area contributed by atoms with Gasteiger partial charge in [0, 0.05) is 0 Å². The van der Waals surface area contributed by atoms with Crippen LogP contribution in [0.5, 0.6) is 0 Å². The highest BCUT2D eigenvalue weighted by Gasteiger charge is 2.35. The Morgan fingerprint density at radius 2 is 1.85 bits per heavy atom. The van der Waals surface area contributed by atoms with Crippen molar-refractivity contribution in [3.05, 3.63) is 0 Å². The molecule has 0 atom stereocenters. The zero-order valence-electron chi connectivity index (χ0n) is 11.0. The number of sulfonamides is 1. The minimum absolute atomic E-state index is 0.109.